The van der Waals surface area contributed by atoms with Crippen LogP contribution in [0.15, 0.2) is 12.4 Å². The highest BCUT2D eigenvalue weighted by atomic mass is 127. The number of halogens is 3. The Balaban J connectivity index is 1.86. The number of nitrogens with zero attached hydrogens (tertiary/aromatic N) is 3. The van der Waals surface area contributed by atoms with Crippen molar-refractivity contribution in [3.05, 3.63) is 16.0 Å². The molecule has 0 bridgehead atoms. The molecule has 15 heavy (non-hydrogen) atoms. The van der Waals surface area contributed by atoms with Gasteiger partial charge in [0.15, 0.2) is 0 Å². The third-order valence-electron chi connectivity index (χ3n) is 2.03. The molecule has 0 unspecified atom stereocenters. The quantitative estimate of drug-likeness (QED) is 0.789. The van der Waals surface area contributed by atoms with Gasteiger partial charge in [-0.3, -0.25) is 0 Å². The van der Waals surface area contributed by atoms with E-state index in [-0.39, 0.29) is 0 Å². The molecule has 82 valence electrons. The van der Waals surface area contributed by atoms with Crippen LogP contribution in [0.4, 0.5) is 14.7 Å². The van der Waals surface area contributed by atoms with Gasteiger partial charge in [-0.25, -0.2) is 9.97 Å². The first kappa shape index (κ1) is 10.9. The zero-order chi connectivity index (χ0) is 10.8. The second-order valence-electron chi connectivity index (χ2n) is 3.13. The number of aromatic nitrogens is 2. The van der Waals surface area contributed by atoms with Crippen LogP contribution < -0.4 is 4.90 Å². The first-order chi connectivity index (χ1) is 7.15. The van der Waals surface area contributed by atoms with Crippen molar-refractivity contribution in [2.75, 3.05) is 18.0 Å². The maximum atomic E-state index is 11.8. The molecule has 1 aromatic rings. The van der Waals surface area contributed by atoms with E-state index in [2.05, 4.69) is 37.3 Å². The fourth-order valence-electron chi connectivity index (χ4n) is 1.30. The summed E-state index contributed by atoms with van der Waals surface area (Å²) in [6.45, 7) is -1.86. The summed E-state index contributed by atoms with van der Waals surface area (Å²) in [7, 11) is 0. The second-order valence-corrected chi connectivity index (χ2v) is 4.37. The fraction of sp³-hybridized carbons (Fsp3) is 0.500. The molecule has 0 atom stereocenters. The maximum absolute atomic E-state index is 11.8. The second kappa shape index (κ2) is 4.52. The first-order valence-electron chi connectivity index (χ1n) is 4.31. The standard InChI is InChI=1S/C8H8F2IN3O/c9-7(10)15-6-3-14(4-6)8-12-1-5(11)2-13-8/h1-2,6-7H,3-4H2. The summed E-state index contributed by atoms with van der Waals surface area (Å²) < 4.78 is 28.9. The Bertz CT molecular complexity index is 329. The van der Waals surface area contributed by atoms with Crippen LogP contribution in [0.3, 0.4) is 0 Å². The van der Waals surface area contributed by atoms with Crippen molar-refractivity contribution in [3.63, 3.8) is 0 Å². The molecule has 0 saturated carbocycles. The third kappa shape index (κ3) is 2.71. The van der Waals surface area contributed by atoms with Crippen molar-refractivity contribution in [1.82, 2.24) is 9.97 Å². The fourth-order valence-corrected chi connectivity index (χ4v) is 1.58. The predicted molar refractivity (Wildman–Crippen MR) is 57.8 cm³/mol. The average Bonchev–Trinajstić information content (AvgIpc) is 2.12. The minimum absolute atomic E-state index is 0.409. The molecule has 2 heterocycles. The number of hydrogen-bond acceptors (Lipinski definition) is 4. The molecule has 7 heteroatoms. The summed E-state index contributed by atoms with van der Waals surface area (Å²) in [4.78, 5) is 9.95. The molecule has 0 radical (unpaired) electrons. The lowest BCUT2D eigenvalue weighted by Gasteiger charge is -2.38. The normalized spacial score (nSPS) is 16.9. The Labute approximate surface area is 98.8 Å². The summed E-state index contributed by atoms with van der Waals surface area (Å²) in [5.74, 6) is 0.560. The zero-order valence-corrected chi connectivity index (χ0v) is 9.76. The van der Waals surface area contributed by atoms with Crippen molar-refractivity contribution in [2.24, 2.45) is 0 Å². The molecule has 0 amide bonds. The van der Waals surface area contributed by atoms with Gasteiger partial charge in [0, 0.05) is 29.1 Å². The van der Waals surface area contributed by atoms with Crippen LogP contribution in [0.2, 0.25) is 0 Å². The van der Waals surface area contributed by atoms with E-state index in [0.717, 1.165) is 3.57 Å². The van der Waals surface area contributed by atoms with Gasteiger partial charge in [-0.15, -0.1) is 0 Å². The lowest BCUT2D eigenvalue weighted by molar-refractivity contribution is -0.167. The van der Waals surface area contributed by atoms with E-state index in [4.69, 9.17) is 0 Å². The molecule has 1 saturated heterocycles. The number of anilines is 1. The molecule has 1 aliphatic heterocycles. The van der Waals surface area contributed by atoms with Crippen molar-refractivity contribution < 1.29 is 13.5 Å². The topological polar surface area (TPSA) is 38.2 Å². The van der Waals surface area contributed by atoms with E-state index < -0.39 is 12.7 Å². The summed E-state index contributed by atoms with van der Waals surface area (Å²) >= 11 is 2.10. The number of ether oxygens (including phenoxy) is 1. The largest absolute Gasteiger partial charge is 0.345 e. The van der Waals surface area contributed by atoms with E-state index in [1.165, 1.54) is 0 Å². The van der Waals surface area contributed by atoms with Crippen LogP contribution in [-0.4, -0.2) is 35.8 Å². The lowest BCUT2D eigenvalue weighted by atomic mass is 10.2. The predicted octanol–water partition coefficient (Wildman–Crippen LogP) is 1.51. The Hall–Kier alpha value is -0.570. The van der Waals surface area contributed by atoms with Crippen LogP contribution in [-0.2, 0) is 4.74 Å². The molecular weight excluding hydrogens is 319 g/mol. The number of alkyl halides is 2. The van der Waals surface area contributed by atoms with E-state index in [1.54, 1.807) is 17.3 Å². The lowest BCUT2D eigenvalue weighted by Crippen LogP contribution is -2.53. The van der Waals surface area contributed by atoms with Crippen molar-refractivity contribution in [2.45, 2.75) is 12.7 Å². The molecule has 0 N–H and O–H groups in total. The van der Waals surface area contributed by atoms with Crippen LogP contribution in [0.5, 0.6) is 0 Å². The SMILES string of the molecule is FC(F)OC1CN(c2ncc(I)cn2)C1. The van der Waals surface area contributed by atoms with Gasteiger partial charge in [-0.1, -0.05) is 0 Å². The minimum Gasteiger partial charge on any atom is -0.335 e. The van der Waals surface area contributed by atoms with Gasteiger partial charge in [0.05, 0.1) is 6.10 Å². The van der Waals surface area contributed by atoms with Crippen LogP contribution in [0.25, 0.3) is 0 Å². The van der Waals surface area contributed by atoms with Gasteiger partial charge in [0.25, 0.3) is 0 Å². The molecule has 2 rings (SSSR count). The number of rotatable bonds is 3. The van der Waals surface area contributed by atoms with Crippen LogP contribution in [0.1, 0.15) is 0 Å². The molecule has 4 nitrogen and oxygen atoms in total. The molecular formula is C8H8F2IN3O. The summed E-state index contributed by atoms with van der Waals surface area (Å²) in [5, 5.41) is 0. The van der Waals surface area contributed by atoms with Gasteiger partial charge in [-0.05, 0) is 22.6 Å². The summed E-state index contributed by atoms with van der Waals surface area (Å²) in [5.41, 5.74) is 0. The Morgan fingerprint density at radius 3 is 2.53 bits per heavy atom. The van der Waals surface area contributed by atoms with Gasteiger partial charge >= 0.3 is 6.61 Å². The van der Waals surface area contributed by atoms with Gasteiger partial charge < -0.3 is 9.64 Å². The van der Waals surface area contributed by atoms with Gasteiger partial charge in [0.1, 0.15) is 0 Å². The van der Waals surface area contributed by atoms with Crippen molar-refractivity contribution in [3.8, 4) is 0 Å². The molecule has 0 aliphatic carbocycles. The van der Waals surface area contributed by atoms with Crippen LogP contribution in [0, 0.1) is 3.57 Å². The molecule has 1 aliphatic rings. The smallest absolute Gasteiger partial charge is 0.335 e. The highest BCUT2D eigenvalue weighted by Gasteiger charge is 2.31. The molecule has 0 spiro atoms. The summed E-state index contributed by atoms with van der Waals surface area (Å²) in [6.07, 6.45) is 2.96. The van der Waals surface area contributed by atoms with Gasteiger partial charge in [0.2, 0.25) is 5.95 Å². The number of hydrogen-bond donors (Lipinski definition) is 0. The van der Waals surface area contributed by atoms with E-state index >= 15 is 0 Å². The highest BCUT2D eigenvalue weighted by Crippen LogP contribution is 2.19. The average molecular weight is 327 g/mol. The Morgan fingerprint density at radius 2 is 2.00 bits per heavy atom. The Morgan fingerprint density at radius 1 is 1.40 bits per heavy atom. The molecule has 1 fully saturated rings. The highest BCUT2D eigenvalue weighted by molar-refractivity contribution is 14.1. The van der Waals surface area contributed by atoms with Gasteiger partial charge in [-0.2, -0.15) is 8.78 Å². The monoisotopic (exact) mass is 327 g/mol. The third-order valence-corrected chi connectivity index (χ3v) is 2.59. The first-order valence-corrected chi connectivity index (χ1v) is 5.39. The van der Waals surface area contributed by atoms with E-state index in [0.29, 0.717) is 19.0 Å². The summed E-state index contributed by atoms with van der Waals surface area (Å²) in [6, 6.07) is 0. The van der Waals surface area contributed by atoms with E-state index in [9.17, 15) is 8.78 Å². The van der Waals surface area contributed by atoms with Crippen molar-refractivity contribution >= 4 is 28.5 Å². The van der Waals surface area contributed by atoms with E-state index in [1.807, 2.05) is 0 Å². The molecule has 1 aromatic heterocycles. The van der Waals surface area contributed by atoms with Crippen molar-refractivity contribution in [1.29, 1.82) is 0 Å². The van der Waals surface area contributed by atoms with Crippen LogP contribution >= 0.6 is 22.6 Å². The minimum atomic E-state index is -2.70. The molecule has 0 aromatic carbocycles. The maximum Gasteiger partial charge on any atom is 0.345 e. The zero-order valence-electron chi connectivity index (χ0n) is 7.61. The Kier molecular flexibility index (Phi) is 3.29.